The second kappa shape index (κ2) is 13.9. The summed E-state index contributed by atoms with van der Waals surface area (Å²) in [6.45, 7) is 5.77. The Hall–Kier alpha value is -2.49. The van der Waals surface area contributed by atoms with Crippen LogP contribution in [0.25, 0.3) is 0 Å². The van der Waals surface area contributed by atoms with Gasteiger partial charge >= 0.3 is 0 Å². The molecule has 37 heavy (non-hydrogen) atoms. The fourth-order valence-electron chi connectivity index (χ4n) is 3.68. The average molecular weight is 573 g/mol. The van der Waals surface area contributed by atoms with Crippen molar-refractivity contribution in [3.63, 3.8) is 0 Å². The van der Waals surface area contributed by atoms with Crippen LogP contribution in [0.3, 0.4) is 0 Å². The summed E-state index contributed by atoms with van der Waals surface area (Å²) >= 11 is 12.3. The van der Waals surface area contributed by atoms with Gasteiger partial charge in [0.1, 0.15) is 11.8 Å². The number of carbonyl (C=O) groups excluding carboxylic acids is 2. The standard InChI is InChI=1S/C26H35Cl2N3O5S/c1-6-18(2)29-26(33)19(3)30(17-20-9-7-10-22(15-20)36-4)25(32)11-8-14-31(37(5,34)35)24-16-21(27)12-13-23(24)28/h7,9-10,12-13,15-16,18-19H,6,8,11,14,17H2,1-5H3,(H,29,33). The molecule has 0 fully saturated rings. The zero-order valence-electron chi connectivity index (χ0n) is 21.8. The van der Waals surface area contributed by atoms with Gasteiger partial charge in [-0.05, 0) is 62.6 Å². The lowest BCUT2D eigenvalue weighted by molar-refractivity contribution is -0.140. The zero-order valence-corrected chi connectivity index (χ0v) is 24.2. The number of carbonyl (C=O) groups is 2. The molecule has 0 bridgehead atoms. The third-order valence-corrected chi connectivity index (χ3v) is 7.72. The predicted molar refractivity (Wildman–Crippen MR) is 149 cm³/mol. The van der Waals surface area contributed by atoms with Gasteiger partial charge in [-0.15, -0.1) is 0 Å². The van der Waals surface area contributed by atoms with Crippen molar-refractivity contribution in [1.82, 2.24) is 10.2 Å². The monoisotopic (exact) mass is 571 g/mol. The highest BCUT2D eigenvalue weighted by molar-refractivity contribution is 7.92. The maximum Gasteiger partial charge on any atom is 0.242 e. The summed E-state index contributed by atoms with van der Waals surface area (Å²) in [5.74, 6) is 0.109. The molecule has 0 spiro atoms. The number of benzene rings is 2. The molecule has 8 nitrogen and oxygen atoms in total. The molecule has 0 aliphatic rings. The largest absolute Gasteiger partial charge is 0.497 e. The van der Waals surface area contributed by atoms with Crippen LogP contribution in [0.4, 0.5) is 5.69 Å². The van der Waals surface area contributed by atoms with Gasteiger partial charge in [-0.25, -0.2) is 8.42 Å². The summed E-state index contributed by atoms with van der Waals surface area (Å²) in [6.07, 6.45) is 2.07. The van der Waals surface area contributed by atoms with Crippen LogP contribution >= 0.6 is 23.2 Å². The van der Waals surface area contributed by atoms with E-state index in [9.17, 15) is 18.0 Å². The topological polar surface area (TPSA) is 96.0 Å². The minimum absolute atomic E-state index is 0.0189. The highest BCUT2D eigenvalue weighted by Crippen LogP contribution is 2.31. The molecule has 0 saturated heterocycles. The van der Waals surface area contributed by atoms with Crippen LogP contribution in [0, 0.1) is 0 Å². The fraction of sp³-hybridized carbons (Fsp3) is 0.462. The molecule has 2 rings (SSSR count). The van der Waals surface area contributed by atoms with Gasteiger partial charge in [-0.3, -0.25) is 13.9 Å². The van der Waals surface area contributed by atoms with E-state index >= 15 is 0 Å². The molecule has 2 unspecified atom stereocenters. The smallest absolute Gasteiger partial charge is 0.242 e. The maximum atomic E-state index is 13.4. The molecule has 2 aromatic rings. The number of rotatable bonds is 13. The molecule has 2 amide bonds. The van der Waals surface area contributed by atoms with E-state index in [2.05, 4.69) is 5.32 Å². The summed E-state index contributed by atoms with van der Waals surface area (Å²) in [4.78, 5) is 27.8. The molecule has 0 aliphatic carbocycles. The molecule has 0 radical (unpaired) electrons. The van der Waals surface area contributed by atoms with Crippen molar-refractivity contribution in [2.75, 3.05) is 24.2 Å². The molecule has 0 aromatic heterocycles. The number of anilines is 1. The highest BCUT2D eigenvalue weighted by Gasteiger charge is 2.27. The van der Waals surface area contributed by atoms with E-state index in [4.69, 9.17) is 27.9 Å². The number of amides is 2. The normalized spacial score (nSPS) is 12.9. The van der Waals surface area contributed by atoms with Crippen LogP contribution in [0.15, 0.2) is 42.5 Å². The number of halogens is 2. The molecule has 1 N–H and O–H groups in total. The number of ether oxygens (including phenoxy) is 1. The summed E-state index contributed by atoms with van der Waals surface area (Å²) in [5, 5.41) is 3.50. The van der Waals surface area contributed by atoms with Crippen molar-refractivity contribution in [1.29, 1.82) is 0 Å². The van der Waals surface area contributed by atoms with Crippen LogP contribution < -0.4 is 14.4 Å². The van der Waals surface area contributed by atoms with E-state index in [1.165, 1.54) is 17.0 Å². The van der Waals surface area contributed by atoms with E-state index in [-0.39, 0.29) is 54.5 Å². The third kappa shape index (κ3) is 9.09. The summed E-state index contributed by atoms with van der Waals surface area (Å²) < 4.78 is 31.4. The van der Waals surface area contributed by atoms with Crippen molar-refractivity contribution in [2.45, 2.75) is 58.7 Å². The molecular formula is C26H35Cl2N3O5S. The summed E-state index contributed by atoms with van der Waals surface area (Å²) in [7, 11) is -2.13. The van der Waals surface area contributed by atoms with E-state index in [0.717, 1.165) is 22.5 Å². The molecular weight excluding hydrogens is 537 g/mol. The molecule has 2 atom stereocenters. The van der Waals surface area contributed by atoms with Crippen LogP contribution in [0.1, 0.15) is 45.6 Å². The molecule has 0 saturated carbocycles. The van der Waals surface area contributed by atoms with Crippen LogP contribution in [0.5, 0.6) is 5.75 Å². The second-order valence-electron chi connectivity index (χ2n) is 8.90. The summed E-state index contributed by atoms with van der Waals surface area (Å²) in [6, 6.07) is 11.1. The molecule has 204 valence electrons. The first-order chi connectivity index (χ1) is 17.4. The van der Waals surface area contributed by atoms with Gasteiger partial charge in [-0.1, -0.05) is 42.3 Å². The summed E-state index contributed by atoms with van der Waals surface area (Å²) in [5.41, 5.74) is 1.05. The van der Waals surface area contributed by atoms with Crippen LogP contribution in [-0.2, 0) is 26.2 Å². The number of methoxy groups -OCH3 is 1. The number of nitrogens with one attached hydrogen (secondary N) is 1. The minimum atomic E-state index is -3.69. The predicted octanol–water partition coefficient (Wildman–Crippen LogP) is 4.88. The number of sulfonamides is 1. The maximum absolute atomic E-state index is 13.4. The van der Waals surface area contributed by atoms with Crippen molar-refractivity contribution >= 4 is 50.7 Å². The highest BCUT2D eigenvalue weighted by atomic mass is 35.5. The van der Waals surface area contributed by atoms with Gasteiger partial charge in [0.15, 0.2) is 0 Å². The van der Waals surface area contributed by atoms with Crippen LogP contribution in [-0.4, -0.2) is 57.1 Å². The first-order valence-corrected chi connectivity index (χ1v) is 14.6. The van der Waals surface area contributed by atoms with E-state index in [1.807, 2.05) is 32.0 Å². The van der Waals surface area contributed by atoms with Gasteiger partial charge in [0.05, 0.1) is 24.1 Å². The fourth-order valence-corrected chi connectivity index (χ4v) is 5.08. The van der Waals surface area contributed by atoms with E-state index < -0.39 is 16.1 Å². The van der Waals surface area contributed by atoms with E-state index in [0.29, 0.717) is 10.8 Å². The lowest BCUT2D eigenvalue weighted by Crippen LogP contribution is -2.49. The Morgan fingerprint density at radius 2 is 1.81 bits per heavy atom. The lowest BCUT2D eigenvalue weighted by atomic mass is 10.1. The Balaban J connectivity index is 2.23. The van der Waals surface area contributed by atoms with Gasteiger partial charge in [0.25, 0.3) is 0 Å². The third-order valence-electron chi connectivity index (χ3n) is 5.98. The number of hydrogen-bond donors (Lipinski definition) is 1. The lowest BCUT2D eigenvalue weighted by Gasteiger charge is -2.30. The van der Waals surface area contributed by atoms with E-state index in [1.54, 1.807) is 26.2 Å². The average Bonchev–Trinajstić information content (AvgIpc) is 2.85. The van der Waals surface area contributed by atoms with Crippen molar-refractivity contribution in [3.05, 3.63) is 58.1 Å². The Morgan fingerprint density at radius 1 is 1.11 bits per heavy atom. The molecule has 0 heterocycles. The van der Waals surface area contributed by atoms with Crippen molar-refractivity contribution in [2.24, 2.45) is 0 Å². The Bertz CT molecular complexity index is 1190. The molecule has 11 heteroatoms. The Labute approximate surface area is 229 Å². The first kappa shape index (κ1) is 30.7. The number of nitrogens with zero attached hydrogens (tertiary/aromatic N) is 2. The van der Waals surface area contributed by atoms with Crippen molar-refractivity contribution < 1.29 is 22.7 Å². The van der Waals surface area contributed by atoms with Crippen LogP contribution in [0.2, 0.25) is 10.0 Å². The molecule has 0 aliphatic heterocycles. The quantitative estimate of drug-likeness (QED) is 0.369. The van der Waals surface area contributed by atoms with Gasteiger partial charge < -0.3 is 15.0 Å². The SMILES string of the molecule is CCC(C)NC(=O)C(C)N(Cc1cccc(OC)c1)C(=O)CCCN(c1cc(Cl)ccc1Cl)S(C)(=O)=O. The molecule has 2 aromatic carbocycles. The zero-order chi connectivity index (χ0) is 27.8. The number of hydrogen-bond acceptors (Lipinski definition) is 5. The van der Waals surface area contributed by atoms with Gasteiger partial charge in [0.2, 0.25) is 21.8 Å². The minimum Gasteiger partial charge on any atom is -0.497 e. The van der Waals surface area contributed by atoms with Crippen molar-refractivity contribution in [3.8, 4) is 5.75 Å². The Morgan fingerprint density at radius 3 is 2.43 bits per heavy atom. The van der Waals surface area contributed by atoms with Gasteiger partial charge in [-0.2, -0.15) is 0 Å². The second-order valence-corrected chi connectivity index (χ2v) is 11.7. The van der Waals surface area contributed by atoms with Gasteiger partial charge in [0, 0.05) is 30.6 Å². The Kier molecular flexibility index (Phi) is 11.5. The first-order valence-electron chi connectivity index (χ1n) is 12.0.